The Morgan fingerprint density at radius 2 is 1.67 bits per heavy atom. The normalized spacial score (nSPS) is 10.6. The molecule has 0 unspecified atom stereocenters. The van der Waals surface area contributed by atoms with E-state index in [1.165, 1.54) is 4.68 Å². The zero-order valence-electron chi connectivity index (χ0n) is 19.4. The Balaban J connectivity index is 1.72. The maximum absolute atomic E-state index is 12.8. The smallest absolute Gasteiger partial charge is 0.340 e. The zero-order valence-corrected chi connectivity index (χ0v) is 19.4. The SMILES string of the molecule is CCOC(=O)c1ccccc1NC(=O)Cn1nnc(C(=O)Nc2c(C)cc(C)cc2C)c1C. The first-order valence-electron chi connectivity index (χ1n) is 10.6. The number of benzene rings is 2. The lowest BCUT2D eigenvalue weighted by Crippen LogP contribution is -2.22. The summed E-state index contributed by atoms with van der Waals surface area (Å²) in [7, 11) is 0. The molecule has 0 fully saturated rings. The molecule has 0 bridgehead atoms. The van der Waals surface area contributed by atoms with Crippen molar-refractivity contribution in [1.29, 1.82) is 0 Å². The summed E-state index contributed by atoms with van der Waals surface area (Å²) in [5, 5.41) is 13.5. The monoisotopic (exact) mass is 449 g/mol. The summed E-state index contributed by atoms with van der Waals surface area (Å²) >= 11 is 0. The summed E-state index contributed by atoms with van der Waals surface area (Å²) < 4.78 is 6.37. The van der Waals surface area contributed by atoms with Gasteiger partial charge in [0.2, 0.25) is 5.91 Å². The zero-order chi connectivity index (χ0) is 24.1. The van der Waals surface area contributed by atoms with Crippen LogP contribution < -0.4 is 10.6 Å². The number of aromatic nitrogens is 3. The van der Waals surface area contributed by atoms with Crippen LogP contribution in [0.4, 0.5) is 11.4 Å². The van der Waals surface area contributed by atoms with Gasteiger partial charge in [0.25, 0.3) is 5.91 Å². The molecule has 33 heavy (non-hydrogen) atoms. The van der Waals surface area contributed by atoms with Crippen LogP contribution in [0, 0.1) is 27.7 Å². The summed E-state index contributed by atoms with van der Waals surface area (Å²) in [5.41, 5.74) is 4.91. The summed E-state index contributed by atoms with van der Waals surface area (Å²) in [6.07, 6.45) is 0. The van der Waals surface area contributed by atoms with E-state index in [1.54, 1.807) is 38.1 Å². The van der Waals surface area contributed by atoms with E-state index in [-0.39, 0.29) is 24.4 Å². The van der Waals surface area contributed by atoms with E-state index < -0.39 is 17.8 Å². The number of esters is 1. The minimum absolute atomic E-state index is 0.133. The highest BCUT2D eigenvalue weighted by Crippen LogP contribution is 2.23. The number of aryl methyl sites for hydroxylation is 3. The fourth-order valence-electron chi connectivity index (χ4n) is 3.57. The van der Waals surface area contributed by atoms with Crippen molar-refractivity contribution in [1.82, 2.24) is 15.0 Å². The Hall–Kier alpha value is -4.01. The summed E-state index contributed by atoms with van der Waals surface area (Å²) in [6, 6.07) is 10.6. The van der Waals surface area contributed by atoms with Gasteiger partial charge < -0.3 is 15.4 Å². The van der Waals surface area contributed by atoms with Gasteiger partial charge in [-0.15, -0.1) is 5.10 Å². The van der Waals surface area contributed by atoms with Crippen molar-refractivity contribution in [3.8, 4) is 0 Å². The highest BCUT2D eigenvalue weighted by atomic mass is 16.5. The van der Waals surface area contributed by atoms with Crippen LogP contribution in [0.15, 0.2) is 36.4 Å². The van der Waals surface area contributed by atoms with Gasteiger partial charge in [0.15, 0.2) is 5.69 Å². The van der Waals surface area contributed by atoms with Crippen LogP contribution in [-0.2, 0) is 16.1 Å². The molecule has 0 aliphatic heterocycles. The van der Waals surface area contributed by atoms with Crippen molar-refractivity contribution in [3.05, 3.63) is 70.0 Å². The molecule has 3 rings (SSSR count). The average Bonchev–Trinajstić information content (AvgIpc) is 3.11. The van der Waals surface area contributed by atoms with Crippen molar-refractivity contribution >= 4 is 29.2 Å². The van der Waals surface area contributed by atoms with Gasteiger partial charge in [-0.3, -0.25) is 9.59 Å². The quantitative estimate of drug-likeness (QED) is 0.533. The Morgan fingerprint density at radius 1 is 1.00 bits per heavy atom. The summed E-state index contributed by atoms with van der Waals surface area (Å²) in [6.45, 7) is 9.29. The van der Waals surface area contributed by atoms with E-state index >= 15 is 0 Å². The molecule has 0 saturated carbocycles. The Morgan fingerprint density at radius 3 is 2.33 bits per heavy atom. The molecule has 2 amide bonds. The second kappa shape index (κ2) is 10.1. The van der Waals surface area contributed by atoms with Crippen molar-refractivity contribution in [2.75, 3.05) is 17.2 Å². The second-order valence-electron chi connectivity index (χ2n) is 7.72. The molecule has 1 heterocycles. The molecule has 2 aromatic carbocycles. The van der Waals surface area contributed by atoms with Gasteiger partial charge >= 0.3 is 5.97 Å². The van der Waals surface area contributed by atoms with Gasteiger partial charge in [-0.05, 0) is 57.9 Å². The van der Waals surface area contributed by atoms with Crippen LogP contribution in [0.5, 0.6) is 0 Å². The number of carbonyl (C=O) groups is 3. The number of carbonyl (C=O) groups excluding carboxylic acids is 3. The van der Waals surface area contributed by atoms with E-state index in [0.717, 1.165) is 22.4 Å². The third-order valence-electron chi connectivity index (χ3n) is 5.10. The first-order valence-corrected chi connectivity index (χ1v) is 10.6. The van der Waals surface area contributed by atoms with Crippen molar-refractivity contribution in [2.24, 2.45) is 0 Å². The molecule has 0 radical (unpaired) electrons. The van der Waals surface area contributed by atoms with Gasteiger partial charge in [-0.2, -0.15) is 0 Å². The largest absolute Gasteiger partial charge is 0.462 e. The first-order chi connectivity index (χ1) is 15.7. The number of nitrogens with one attached hydrogen (secondary N) is 2. The van der Waals surface area contributed by atoms with Gasteiger partial charge in [0, 0.05) is 5.69 Å². The number of para-hydroxylation sites is 1. The molecule has 9 heteroatoms. The second-order valence-corrected chi connectivity index (χ2v) is 7.72. The lowest BCUT2D eigenvalue weighted by atomic mass is 10.0. The lowest BCUT2D eigenvalue weighted by molar-refractivity contribution is -0.117. The highest BCUT2D eigenvalue weighted by molar-refractivity contribution is 6.04. The fraction of sp³-hybridized carbons (Fsp3) is 0.292. The maximum atomic E-state index is 12.8. The van der Waals surface area contributed by atoms with Gasteiger partial charge in [0.1, 0.15) is 6.54 Å². The molecule has 2 N–H and O–H groups in total. The van der Waals surface area contributed by atoms with Crippen molar-refractivity contribution in [2.45, 2.75) is 41.2 Å². The molecule has 0 aliphatic carbocycles. The molecular weight excluding hydrogens is 422 g/mol. The molecule has 9 nitrogen and oxygen atoms in total. The standard InChI is InChI=1S/C24H27N5O4/c1-6-33-24(32)18-9-7-8-10-19(18)25-20(30)13-29-17(5)22(27-28-29)23(31)26-21-15(3)11-14(2)12-16(21)4/h7-12H,6,13H2,1-5H3,(H,25,30)(H,26,31). The predicted molar refractivity (Wildman–Crippen MR) is 124 cm³/mol. The molecule has 1 aromatic heterocycles. The number of ether oxygens (including phenoxy) is 1. The topological polar surface area (TPSA) is 115 Å². The van der Waals surface area contributed by atoms with E-state index in [1.807, 2.05) is 32.9 Å². The Kier molecular flexibility index (Phi) is 7.22. The summed E-state index contributed by atoms with van der Waals surface area (Å²) in [5.74, 6) is -1.34. The number of anilines is 2. The number of rotatable bonds is 7. The molecular formula is C24H27N5O4. The van der Waals surface area contributed by atoms with Gasteiger partial charge in [-0.25, -0.2) is 9.48 Å². The third-order valence-corrected chi connectivity index (χ3v) is 5.10. The average molecular weight is 450 g/mol. The number of hydrogen-bond donors (Lipinski definition) is 2. The number of hydrogen-bond acceptors (Lipinski definition) is 6. The van der Waals surface area contributed by atoms with Gasteiger partial charge in [-0.1, -0.05) is 35.0 Å². The van der Waals surface area contributed by atoms with E-state index in [9.17, 15) is 14.4 Å². The van der Waals surface area contributed by atoms with E-state index in [4.69, 9.17) is 4.74 Å². The van der Waals surface area contributed by atoms with Crippen LogP contribution in [0.25, 0.3) is 0 Å². The first kappa shape index (κ1) is 23.6. The molecule has 0 aliphatic rings. The number of amides is 2. The van der Waals surface area contributed by atoms with Crippen molar-refractivity contribution < 1.29 is 19.1 Å². The Labute approximate surface area is 192 Å². The van der Waals surface area contributed by atoms with Crippen LogP contribution in [0.3, 0.4) is 0 Å². The molecule has 0 saturated heterocycles. The van der Waals surface area contributed by atoms with E-state index in [2.05, 4.69) is 20.9 Å². The molecule has 172 valence electrons. The van der Waals surface area contributed by atoms with Gasteiger partial charge in [0.05, 0.1) is 23.6 Å². The highest BCUT2D eigenvalue weighted by Gasteiger charge is 2.20. The molecule has 0 spiro atoms. The minimum atomic E-state index is -0.522. The van der Waals surface area contributed by atoms with E-state index in [0.29, 0.717) is 11.4 Å². The maximum Gasteiger partial charge on any atom is 0.340 e. The van der Waals surface area contributed by atoms with Crippen molar-refractivity contribution in [3.63, 3.8) is 0 Å². The third kappa shape index (κ3) is 5.43. The van der Waals surface area contributed by atoms with Crippen LogP contribution >= 0.6 is 0 Å². The summed E-state index contributed by atoms with van der Waals surface area (Å²) in [4.78, 5) is 37.5. The van der Waals surface area contributed by atoms with Crippen LogP contribution in [-0.4, -0.2) is 39.4 Å². The minimum Gasteiger partial charge on any atom is -0.462 e. The molecule has 3 aromatic rings. The van der Waals surface area contributed by atoms with Crippen LogP contribution in [0.1, 0.15) is 50.2 Å². The predicted octanol–water partition coefficient (Wildman–Crippen LogP) is 3.58. The fourth-order valence-corrected chi connectivity index (χ4v) is 3.57. The lowest BCUT2D eigenvalue weighted by Gasteiger charge is -2.12. The number of nitrogens with zero attached hydrogens (tertiary/aromatic N) is 3. The molecule has 0 atom stereocenters. The van der Waals surface area contributed by atoms with Crippen LogP contribution in [0.2, 0.25) is 0 Å². The Bertz CT molecular complexity index is 1190.